The molecular formula is C13H15N3O2S. The number of aromatic nitrogens is 2. The Morgan fingerprint density at radius 2 is 2.11 bits per heavy atom. The maximum absolute atomic E-state index is 10.9. The second-order valence-corrected chi connectivity index (χ2v) is 5.19. The van der Waals surface area contributed by atoms with E-state index in [1.165, 1.54) is 0 Å². The Bertz CT molecular complexity index is 595. The highest BCUT2D eigenvalue weighted by Gasteiger charge is 2.06. The first-order valence-electron chi connectivity index (χ1n) is 5.91. The number of hydrogen-bond donors (Lipinski definition) is 2. The number of nitrogens with one attached hydrogen (secondary N) is 1. The highest BCUT2D eigenvalue weighted by molar-refractivity contribution is 7.09. The molecule has 0 saturated heterocycles. The largest absolute Gasteiger partial charge is 0.478 e. The van der Waals surface area contributed by atoms with E-state index in [2.05, 4.69) is 15.3 Å². The molecule has 0 aliphatic heterocycles. The van der Waals surface area contributed by atoms with Gasteiger partial charge >= 0.3 is 5.97 Å². The molecule has 19 heavy (non-hydrogen) atoms. The van der Waals surface area contributed by atoms with Gasteiger partial charge in [0.1, 0.15) is 5.82 Å². The number of nitrogens with zero attached hydrogens (tertiary/aromatic N) is 2. The van der Waals surface area contributed by atoms with E-state index in [0.717, 1.165) is 17.1 Å². The number of thiazole rings is 1. The molecule has 0 saturated carbocycles. The molecule has 0 aliphatic carbocycles. The van der Waals surface area contributed by atoms with Crippen molar-refractivity contribution in [3.8, 4) is 0 Å². The number of hydrogen-bond acceptors (Lipinski definition) is 5. The minimum Gasteiger partial charge on any atom is -0.478 e. The van der Waals surface area contributed by atoms with Gasteiger partial charge in [-0.15, -0.1) is 11.3 Å². The topological polar surface area (TPSA) is 75.1 Å². The normalized spacial score (nSPS) is 10.4. The molecule has 0 aromatic carbocycles. The molecule has 0 fully saturated rings. The lowest BCUT2D eigenvalue weighted by molar-refractivity contribution is 0.0696. The second-order valence-electron chi connectivity index (χ2n) is 4.25. The van der Waals surface area contributed by atoms with Crippen molar-refractivity contribution in [1.82, 2.24) is 9.97 Å². The van der Waals surface area contributed by atoms with Gasteiger partial charge in [-0.2, -0.15) is 0 Å². The van der Waals surface area contributed by atoms with E-state index in [9.17, 15) is 4.79 Å². The van der Waals surface area contributed by atoms with Crippen molar-refractivity contribution in [3.63, 3.8) is 0 Å². The molecule has 5 nitrogen and oxygen atoms in total. The predicted octanol–water partition coefficient (Wildman–Crippen LogP) is 2.51. The first kappa shape index (κ1) is 13.5. The standard InChI is InChI=1S/C13H15N3O2S/c1-8-5-10(13(17)18)6-11(15-8)14-4-3-12-16-9(2)7-19-12/h5-7H,3-4H2,1-2H3,(H,14,15)(H,17,18). The summed E-state index contributed by atoms with van der Waals surface area (Å²) in [5.74, 6) is -0.352. The smallest absolute Gasteiger partial charge is 0.335 e. The van der Waals surface area contributed by atoms with E-state index in [1.54, 1.807) is 30.4 Å². The van der Waals surface area contributed by atoms with Crippen LogP contribution in [-0.4, -0.2) is 27.6 Å². The monoisotopic (exact) mass is 277 g/mol. The fourth-order valence-electron chi connectivity index (χ4n) is 1.70. The van der Waals surface area contributed by atoms with Crippen LogP contribution in [0, 0.1) is 13.8 Å². The fraction of sp³-hybridized carbons (Fsp3) is 0.308. The van der Waals surface area contributed by atoms with Crippen molar-refractivity contribution < 1.29 is 9.90 Å². The molecule has 0 amide bonds. The van der Waals surface area contributed by atoms with Gasteiger partial charge in [0.25, 0.3) is 0 Å². The molecule has 6 heteroatoms. The molecule has 0 radical (unpaired) electrons. The summed E-state index contributed by atoms with van der Waals surface area (Å²) in [6, 6.07) is 3.10. The van der Waals surface area contributed by atoms with Gasteiger partial charge < -0.3 is 10.4 Å². The van der Waals surface area contributed by atoms with Crippen molar-refractivity contribution in [2.24, 2.45) is 0 Å². The number of anilines is 1. The minimum atomic E-state index is -0.941. The summed E-state index contributed by atoms with van der Waals surface area (Å²) < 4.78 is 0. The molecule has 2 rings (SSSR count). The average molecular weight is 277 g/mol. The first-order valence-corrected chi connectivity index (χ1v) is 6.79. The van der Waals surface area contributed by atoms with Crippen molar-refractivity contribution in [2.45, 2.75) is 20.3 Å². The molecular weight excluding hydrogens is 262 g/mol. The Labute approximate surface area is 115 Å². The maximum atomic E-state index is 10.9. The Kier molecular flexibility index (Phi) is 4.11. The summed E-state index contributed by atoms with van der Waals surface area (Å²) in [6.45, 7) is 4.43. The van der Waals surface area contributed by atoms with Crippen molar-refractivity contribution in [2.75, 3.05) is 11.9 Å². The van der Waals surface area contributed by atoms with Gasteiger partial charge in [0.2, 0.25) is 0 Å². The Balaban J connectivity index is 1.97. The lowest BCUT2D eigenvalue weighted by atomic mass is 10.2. The lowest BCUT2D eigenvalue weighted by Crippen LogP contribution is -2.08. The summed E-state index contributed by atoms with van der Waals surface area (Å²) >= 11 is 1.63. The number of aryl methyl sites for hydroxylation is 2. The van der Waals surface area contributed by atoms with Crippen LogP contribution in [-0.2, 0) is 6.42 Å². The van der Waals surface area contributed by atoms with Gasteiger partial charge in [-0.25, -0.2) is 14.8 Å². The highest BCUT2D eigenvalue weighted by atomic mass is 32.1. The predicted molar refractivity (Wildman–Crippen MR) is 75.0 cm³/mol. The van der Waals surface area contributed by atoms with Crippen LogP contribution in [0.15, 0.2) is 17.5 Å². The maximum Gasteiger partial charge on any atom is 0.335 e. The number of carboxylic acid groups (broad SMARTS) is 1. The number of aromatic carboxylic acids is 1. The van der Waals surface area contributed by atoms with Crippen LogP contribution in [0.4, 0.5) is 5.82 Å². The van der Waals surface area contributed by atoms with Crippen LogP contribution in [0.2, 0.25) is 0 Å². The highest BCUT2D eigenvalue weighted by Crippen LogP contribution is 2.12. The van der Waals surface area contributed by atoms with Gasteiger partial charge in [0, 0.05) is 29.7 Å². The lowest BCUT2D eigenvalue weighted by Gasteiger charge is -2.06. The third-order valence-corrected chi connectivity index (χ3v) is 3.54. The third-order valence-electron chi connectivity index (χ3n) is 2.51. The van der Waals surface area contributed by atoms with E-state index in [4.69, 9.17) is 5.11 Å². The van der Waals surface area contributed by atoms with Gasteiger partial charge in [-0.1, -0.05) is 0 Å². The van der Waals surface area contributed by atoms with Crippen LogP contribution in [0.5, 0.6) is 0 Å². The molecule has 2 heterocycles. The summed E-state index contributed by atoms with van der Waals surface area (Å²) in [5.41, 5.74) is 1.97. The van der Waals surface area contributed by atoms with Crippen molar-refractivity contribution >= 4 is 23.1 Å². The summed E-state index contributed by atoms with van der Waals surface area (Å²) in [4.78, 5) is 19.6. The van der Waals surface area contributed by atoms with Crippen LogP contribution in [0.25, 0.3) is 0 Å². The average Bonchev–Trinajstić information content (AvgIpc) is 2.74. The molecule has 0 aliphatic rings. The zero-order valence-electron chi connectivity index (χ0n) is 10.8. The number of rotatable bonds is 5. The van der Waals surface area contributed by atoms with E-state index in [0.29, 0.717) is 18.1 Å². The zero-order valence-corrected chi connectivity index (χ0v) is 11.6. The minimum absolute atomic E-state index is 0.250. The molecule has 0 atom stereocenters. The van der Waals surface area contributed by atoms with Crippen LogP contribution < -0.4 is 5.32 Å². The molecule has 2 N–H and O–H groups in total. The van der Waals surface area contributed by atoms with Crippen LogP contribution in [0.3, 0.4) is 0 Å². The van der Waals surface area contributed by atoms with Gasteiger partial charge in [-0.3, -0.25) is 0 Å². The third kappa shape index (κ3) is 3.75. The summed E-state index contributed by atoms with van der Waals surface area (Å²) in [6.07, 6.45) is 0.802. The van der Waals surface area contributed by atoms with Crippen molar-refractivity contribution in [1.29, 1.82) is 0 Å². The zero-order chi connectivity index (χ0) is 13.8. The summed E-state index contributed by atoms with van der Waals surface area (Å²) in [7, 11) is 0. The molecule has 2 aromatic rings. The van der Waals surface area contributed by atoms with E-state index < -0.39 is 5.97 Å². The molecule has 2 aromatic heterocycles. The molecule has 0 unspecified atom stereocenters. The quantitative estimate of drug-likeness (QED) is 0.878. The first-order chi connectivity index (χ1) is 9.04. The van der Waals surface area contributed by atoms with Crippen molar-refractivity contribution in [3.05, 3.63) is 39.5 Å². The van der Waals surface area contributed by atoms with E-state index in [-0.39, 0.29) is 5.56 Å². The Morgan fingerprint density at radius 3 is 2.74 bits per heavy atom. The number of pyridine rings is 1. The second kappa shape index (κ2) is 5.79. The fourth-order valence-corrected chi connectivity index (χ4v) is 2.47. The van der Waals surface area contributed by atoms with Gasteiger partial charge in [-0.05, 0) is 26.0 Å². The van der Waals surface area contributed by atoms with Crippen LogP contribution in [0.1, 0.15) is 26.8 Å². The van der Waals surface area contributed by atoms with Gasteiger partial charge in [0.15, 0.2) is 0 Å². The van der Waals surface area contributed by atoms with E-state index in [1.807, 2.05) is 12.3 Å². The summed E-state index contributed by atoms with van der Waals surface area (Å²) in [5, 5.41) is 15.2. The Hall–Kier alpha value is -1.95. The van der Waals surface area contributed by atoms with Crippen LogP contribution >= 0.6 is 11.3 Å². The Morgan fingerprint density at radius 1 is 1.32 bits per heavy atom. The molecule has 0 spiro atoms. The molecule has 100 valence electrons. The van der Waals surface area contributed by atoms with Gasteiger partial charge in [0.05, 0.1) is 10.6 Å². The number of carbonyl (C=O) groups is 1. The SMILES string of the molecule is Cc1cc(C(=O)O)cc(NCCc2nc(C)cs2)n1. The molecule has 0 bridgehead atoms. The number of carboxylic acids is 1. The van der Waals surface area contributed by atoms with E-state index >= 15 is 0 Å².